The maximum Gasteiger partial charge on any atom is 0.333 e. The van der Waals surface area contributed by atoms with Gasteiger partial charge >= 0.3 is 13.6 Å². The zero-order chi connectivity index (χ0) is 22.7. The Labute approximate surface area is 184 Å². The molecule has 4 N–H and O–H groups in total. The van der Waals surface area contributed by atoms with Gasteiger partial charge in [-0.1, -0.05) is 37.3 Å². The number of hydrogen-bond acceptors (Lipinski definition) is 5. The number of benzene rings is 1. The van der Waals surface area contributed by atoms with Gasteiger partial charge in [-0.25, -0.2) is 4.79 Å². The van der Waals surface area contributed by atoms with Crippen LogP contribution in [-0.4, -0.2) is 53.8 Å². The molecule has 0 radical (unpaired) electrons. The zero-order valence-electron chi connectivity index (χ0n) is 18.2. The van der Waals surface area contributed by atoms with Crippen LogP contribution in [-0.2, 0) is 25.1 Å². The van der Waals surface area contributed by atoms with E-state index in [1.54, 1.807) is 6.92 Å². The molecule has 9 heteroatoms. The summed E-state index contributed by atoms with van der Waals surface area (Å²) in [7, 11) is -4.10. The minimum Gasteiger partial charge on any atom is -0.479 e. The Balaban J connectivity index is 1.72. The Bertz CT molecular complexity index is 739. The van der Waals surface area contributed by atoms with Gasteiger partial charge in [0.25, 0.3) is 0 Å². The van der Waals surface area contributed by atoms with Gasteiger partial charge in [-0.2, -0.15) is 0 Å². The fraction of sp³-hybridized carbons (Fsp3) is 0.636. The fourth-order valence-corrected chi connectivity index (χ4v) is 5.35. The SMILES string of the molecule is CC(CNC(=O)CCc1ccccc1)CP(=O)(O)OC(CCC1CCNCC1)C(=O)O. The molecular weight excluding hydrogens is 419 g/mol. The predicted molar refractivity (Wildman–Crippen MR) is 119 cm³/mol. The maximum absolute atomic E-state index is 12.5. The van der Waals surface area contributed by atoms with Crippen LogP contribution in [0.1, 0.15) is 44.6 Å². The normalized spacial score (nSPS) is 18.6. The van der Waals surface area contributed by atoms with Gasteiger partial charge in [0.15, 0.2) is 6.10 Å². The molecule has 1 amide bonds. The molecule has 1 fully saturated rings. The third-order valence-corrected chi connectivity index (χ3v) is 7.21. The van der Waals surface area contributed by atoms with Crippen LogP contribution in [0.25, 0.3) is 0 Å². The van der Waals surface area contributed by atoms with Crippen LogP contribution in [0.3, 0.4) is 0 Å². The molecule has 1 aliphatic rings. The summed E-state index contributed by atoms with van der Waals surface area (Å²) in [6.45, 7) is 3.79. The van der Waals surface area contributed by atoms with E-state index in [-0.39, 0.29) is 31.0 Å². The van der Waals surface area contributed by atoms with Crippen molar-refractivity contribution in [3.05, 3.63) is 35.9 Å². The van der Waals surface area contributed by atoms with Crippen molar-refractivity contribution in [2.75, 3.05) is 25.8 Å². The second-order valence-corrected chi connectivity index (χ2v) is 10.3. The molecule has 1 saturated heterocycles. The molecule has 174 valence electrons. The molecule has 0 saturated carbocycles. The molecule has 3 unspecified atom stereocenters. The van der Waals surface area contributed by atoms with E-state index in [9.17, 15) is 24.2 Å². The summed E-state index contributed by atoms with van der Waals surface area (Å²) in [5.41, 5.74) is 1.07. The molecule has 0 spiro atoms. The van der Waals surface area contributed by atoms with E-state index >= 15 is 0 Å². The van der Waals surface area contributed by atoms with Gasteiger partial charge in [0.2, 0.25) is 5.91 Å². The average Bonchev–Trinajstić information content (AvgIpc) is 2.74. The van der Waals surface area contributed by atoms with Crippen LogP contribution in [0.5, 0.6) is 0 Å². The van der Waals surface area contributed by atoms with E-state index in [1.807, 2.05) is 30.3 Å². The summed E-state index contributed by atoms with van der Waals surface area (Å²) in [5, 5.41) is 15.4. The van der Waals surface area contributed by atoms with Gasteiger partial charge in [0, 0.05) is 13.0 Å². The second kappa shape index (κ2) is 13.0. The number of amides is 1. The van der Waals surface area contributed by atoms with Crippen LogP contribution in [0, 0.1) is 11.8 Å². The number of carbonyl (C=O) groups excluding carboxylic acids is 1. The lowest BCUT2D eigenvalue weighted by atomic mass is 9.92. The van der Waals surface area contributed by atoms with Crippen LogP contribution >= 0.6 is 7.60 Å². The van der Waals surface area contributed by atoms with Gasteiger partial charge in [0.1, 0.15) is 0 Å². The molecule has 2 rings (SSSR count). The molecule has 31 heavy (non-hydrogen) atoms. The first-order valence-electron chi connectivity index (χ1n) is 11.0. The molecule has 1 aromatic carbocycles. The standard InChI is InChI=1S/C22H35N2O6P/c1-17(15-24-21(25)10-8-18-5-3-2-4-6-18)16-31(28,29)30-20(22(26)27)9-7-19-11-13-23-14-12-19/h2-6,17,19-20,23H,7-16H2,1H3,(H,24,25)(H,26,27)(H,28,29). The molecule has 0 aromatic heterocycles. The quantitative estimate of drug-likeness (QED) is 0.338. The molecule has 0 bridgehead atoms. The molecule has 3 atom stereocenters. The van der Waals surface area contributed by atoms with Gasteiger partial charge in [0.05, 0.1) is 6.16 Å². The highest BCUT2D eigenvalue weighted by Gasteiger charge is 2.31. The van der Waals surface area contributed by atoms with Crippen molar-refractivity contribution >= 4 is 19.5 Å². The Morgan fingerprint density at radius 1 is 1.26 bits per heavy atom. The number of hydrogen-bond donors (Lipinski definition) is 4. The van der Waals surface area contributed by atoms with E-state index in [0.717, 1.165) is 31.5 Å². The molecule has 1 aliphatic heterocycles. The first-order chi connectivity index (χ1) is 14.7. The van der Waals surface area contributed by atoms with E-state index in [2.05, 4.69) is 10.6 Å². The third-order valence-electron chi connectivity index (χ3n) is 5.54. The maximum atomic E-state index is 12.5. The minimum atomic E-state index is -4.10. The number of carbonyl (C=O) groups is 2. The highest BCUT2D eigenvalue weighted by Crippen LogP contribution is 2.45. The van der Waals surface area contributed by atoms with Crippen LogP contribution in [0.15, 0.2) is 30.3 Å². The summed E-state index contributed by atoms with van der Waals surface area (Å²) in [6.07, 6.45) is 2.29. The second-order valence-electron chi connectivity index (χ2n) is 8.42. The smallest absolute Gasteiger partial charge is 0.333 e. The largest absolute Gasteiger partial charge is 0.479 e. The monoisotopic (exact) mass is 454 g/mol. The van der Waals surface area contributed by atoms with E-state index < -0.39 is 19.7 Å². The van der Waals surface area contributed by atoms with Gasteiger partial charge < -0.3 is 20.6 Å². The van der Waals surface area contributed by atoms with Crippen molar-refractivity contribution in [2.24, 2.45) is 11.8 Å². The average molecular weight is 455 g/mol. The van der Waals surface area contributed by atoms with Crippen molar-refractivity contribution in [3.8, 4) is 0 Å². The summed E-state index contributed by atoms with van der Waals surface area (Å²) in [6, 6.07) is 9.68. The lowest BCUT2D eigenvalue weighted by molar-refractivity contribution is -0.146. The number of nitrogens with one attached hydrogen (secondary N) is 2. The summed E-state index contributed by atoms with van der Waals surface area (Å²) in [4.78, 5) is 33.8. The summed E-state index contributed by atoms with van der Waals surface area (Å²) >= 11 is 0. The van der Waals surface area contributed by atoms with Crippen molar-refractivity contribution in [3.63, 3.8) is 0 Å². The molecule has 8 nitrogen and oxygen atoms in total. The van der Waals surface area contributed by atoms with Crippen molar-refractivity contribution in [2.45, 2.75) is 51.6 Å². The Hall–Kier alpha value is -1.73. The Morgan fingerprint density at radius 3 is 2.58 bits per heavy atom. The zero-order valence-corrected chi connectivity index (χ0v) is 19.1. The van der Waals surface area contributed by atoms with Crippen LogP contribution in [0.4, 0.5) is 0 Å². The van der Waals surface area contributed by atoms with E-state index in [0.29, 0.717) is 25.2 Å². The predicted octanol–water partition coefficient (Wildman–Crippen LogP) is 2.81. The van der Waals surface area contributed by atoms with Crippen LogP contribution < -0.4 is 10.6 Å². The number of piperidine rings is 1. The highest BCUT2D eigenvalue weighted by molar-refractivity contribution is 7.52. The van der Waals surface area contributed by atoms with Crippen molar-refractivity contribution in [1.29, 1.82) is 0 Å². The highest BCUT2D eigenvalue weighted by atomic mass is 31.2. The van der Waals surface area contributed by atoms with E-state index in [1.165, 1.54) is 0 Å². The number of rotatable bonds is 13. The van der Waals surface area contributed by atoms with Gasteiger partial charge in [-0.15, -0.1) is 0 Å². The summed E-state index contributed by atoms with van der Waals surface area (Å²) < 4.78 is 17.6. The number of aryl methyl sites for hydroxylation is 1. The Kier molecular flexibility index (Phi) is 10.7. The topological polar surface area (TPSA) is 125 Å². The fourth-order valence-electron chi connectivity index (χ4n) is 3.76. The van der Waals surface area contributed by atoms with Gasteiger partial charge in [-0.05, 0) is 62.6 Å². The first kappa shape index (κ1) is 25.5. The number of carboxylic acid groups (broad SMARTS) is 1. The van der Waals surface area contributed by atoms with E-state index in [4.69, 9.17) is 4.52 Å². The molecule has 1 heterocycles. The Morgan fingerprint density at radius 2 is 1.94 bits per heavy atom. The lowest BCUT2D eigenvalue weighted by Crippen LogP contribution is -2.31. The van der Waals surface area contributed by atoms with Crippen LogP contribution in [0.2, 0.25) is 0 Å². The molecule has 1 aromatic rings. The minimum absolute atomic E-state index is 0.130. The number of carboxylic acids is 1. The summed E-state index contributed by atoms with van der Waals surface area (Å²) in [5.74, 6) is -1.26. The van der Waals surface area contributed by atoms with Crippen molar-refractivity contribution in [1.82, 2.24) is 10.6 Å². The first-order valence-corrected chi connectivity index (χ1v) is 12.8. The number of aliphatic carboxylic acids is 1. The molecule has 0 aliphatic carbocycles. The lowest BCUT2D eigenvalue weighted by Gasteiger charge is -2.25. The van der Waals surface area contributed by atoms with Gasteiger partial charge in [-0.3, -0.25) is 13.9 Å². The van der Waals surface area contributed by atoms with Crippen molar-refractivity contribution < 1.29 is 28.7 Å². The third kappa shape index (κ3) is 10.4. The molecular formula is C22H35N2O6P.